The summed E-state index contributed by atoms with van der Waals surface area (Å²) in [5, 5.41) is 0. The highest BCUT2D eigenvalue weighted by Gasteiger charge is 2.05. The largest absolute Gasteiger partial charge is 1.00 e. The van der Waals surface area contributed by atoms with Crippen molar-refractivity contribution in [3.8, 4) is 0 Å². The van der Waals surface area contributed by atoms with E-state index in [2.05, 4.69) is 51.5 Å². The molecule has 0 amide bonds. The highest BCUT2D eigenvalue weighted by molar-refractivity contribution is 5.14. The van der Waals surface area contributed by atoms with Gasteiger partial charge in [0, 0.05) is 6.42 Å². The quantitative estimate of drug-likeness (QED) is 0.628. The van der Waals surface area contributed by atoms with Gasteiger partial charge in [0.25, 0.3) is 0 Å². The summed E-state index contributed by atoms with van der Waals surface area (Å²) in [6.45, 7) is 1.24. The van der Waals surface area contributed by atoms with Gasteiger partial charge in [-0.2, -0.15) is 0 Å². The van der Waals surface area contributed by atoms with Crippen molar-refractivity contribution in [2.24, 2.45) is 0 Å². The third-order valence-corrected chi connectivity index (χ3v) is 2.14. The van der Waals surface area contributed by atoms with Crippen LogP contribution in [0.3, 0.4) is 0 Å². The Morgan fingerprint density at radius 1 is 1.00 bits per heavy atom. The van der Waals surface area contributed by atoms with Crippen molar-refractivity contribution in [2.75, 3.05) is 27.7 Å². The number of hydrogen-bond acceptors (Lipinski definition) is 0. The standard InChI is InChI=1S/C12H20N.BrH/c1-13(2,3)11-7-10-12-8-5-4-6-9-12;/h4-6,8-9H,7,10-11H2,1-3H3;1H/q+1;/p-1. The molecule has 0 saturated carbocycles. The molecule has 0 spiro atoms. The Balaban J connectivity index is 0.00000169. The van der Waals surface area contributed by atoms with Gasteiger partial charge in [-0.15, -0.1) is 0 Å². The minimum atomic E-state index is 0. The Kier molecular flexibility index (Phi) is 6.05. The molecule has 0 aliphatic heterocycles. The van der Waals surface area contributed by atoms with Gasteiger partial charge in [-0.1, -0.05) is 30.3 Å². The zero-order valence-electron chi connectivity index (χ0n) is 9.33. The summed E-state index contributed by atoms with van der Waals surface area (Å²) in [6, 6.07) is 10.7. The fourth-order valence-electron chi connectivity index (χ4n) is 1.40. The van der Waals surface area contributed by atoms with Crippen LogP contribution in [-0.2, 0) is 6.42 Å². The van der Waals surface area contributed by atoms with Gasteiger partial charge in [0.15, 0.2) is 0 Å². The number of aryl methyl sites for hydroxylation is 1. The molecule has 0 heterocycles. The van der Waals surface area contributed by atoms with E-state index in [4.69, 9.17) is 0 Å². The zero-order chi connectivity index (χ0) is 9.73. The van der Waals surface area contributed by atoms with E-state index in [1.165, 1.54) is 24.9 Å². The van der Waals surface area contributed by atoms with E-state index in [1.54, 1.807) is 0 Å². The van der Waals surface area contributed by atoms with Crippen LogP contribution in [0.2, 0.25) is 0 Å². The predicted octanol–water partition coefficient (Wildman–Crippen LogP) is -0.671. The molecule has 0 aromatic heterocycles. The maximum absolute atomic E-state index is 2.24. The molecule has 80 valence electrons. The summed E-state index contributed by atoms with van der Waals surface area (Å²) < 4.78 is 1.06. The molecule has 0 atom stereocenters. The topological polar surface area (TPSA) is 0 Å². The number of halogens is 1. The number of hydrogen-bond donors (Lipinski definition) is 0. The first kappa shape index (κ1) is 13.7. The summed E-state index contributed by atoms with van der Waals surface area (Å²) in [5.74, 6) is 0. The van der Waals surface area contributed by atoms with Crippen molar-refractivity contribution < 1.29 is 21.5 Å². The molecule has 0 N–H and O–H groups in total. The molecular formula is C12H20BrN. The van der Waals surface area contributed by atoms with Crippen LogP contribution >= 0.6 is 0 Å². The smallest absolute Gasteiger partial charge is 0.0783 e. The molecule has 0 bridgehead atoms. The molecule has 1 nitrogen and oxygen atoms in total. The van der Waals surface area contributed by atoms with Gasteiger partial charge < -0.3 is 21.5 Å². The third-order valence-electron chi connectivity index (χ3n) is 2.14. The van der Waals surface area contributed by atoms with E-state index >= 15 is 0 Å². The second-order valence-corrected chi connectivity index (χ2v) is 4.60. The molecule has 1 rings (SSSR count). The zero-order valence-corrected chi connectivity index (χ0v) is 10.9. The number of benzene rings is 1. The Labute approximate surface area is 98.1 Å². The first-order valence-electron chi connectivity index (χ1n) is 4.92. The average molecular weight is 258 g/mol. The lowest BCUT2D eigenvalue weighted by molar-refractivity contribution is -0.870. The summed E-state index contributed by atoms with van der Waals surface area (Å²) in [6.07, 6.45) is 2.48. The highest BCUT2D eigenvalue weighted by Crippen LogP contribution is 2.04. The lowest BCUT2D eigenvalue weighted by Crippen LogP contribution is -3.00. The Bertz CT molecular complexity index is 238. The van der Waals surface area contributed by atoms with Gasteiger partial charge in [-0.25, -0.2) is 0 Å². The fraction of sp³-hybridized carbons (Fsp3) is 0.500. The van der Waals surface area contributed by atoms with E-state index < -0.39 is 0 Å². The Hall–Kier alpha value is -0.340. The minimum absolute atomic E-state index is 0. The summed E-state index contributed by atoms with van der Waals surface area (Å²) in [7, 11) is 6.72. The van der Waals surface area contributed by atoms with Crippen LogP contribution in [0.25, 0.3) is 0 Å². The van der Waals surface area contributed by atoms with Crippen LogP contribution in [0.5, 0.6) is 0 Å². The maximum Gasteiger partial charge on any atom is 0.0783 e. The Morgan fingerprint density at radius 2 is 1.57 bits per heavy atom. The molecule has 1 aromatic carbocycles. The van der Waals surface area contributed by atoms with Crippen molar-refractivity contribution in [3.63, 3.8) is 0 Å². The van der Waals surface area contributed by atoms with E-state index in [9.17, 15) is 0 Å². The molecule has 2 heteroatoms. The van der Waals surface area contributed by atoms with Crippen LogP contribution in [0.15, 0.2) is 30.3 Å². The first-order chi connectivity index (χ1) is 6.08. The number of quaternary nitrogens is 1. The molecule has 0 fully saturated rings. The van der Waals surface area contributed by atoms with Crippen molar-refractivity contribution >= 4 is 0 Å². The van der Waals surface area contributed by atoms with E-state index in [-0.39, 0.29) is 17.0 Å². The molecule has 0 radical (unpaired) electrons. The summed E-state index contributed by atoms with van der Waals surface area (Å²) >= 11 is 0. The summed E-state index contributed by atoms with van der Waals surface area (Å²) in [5.41, 5.74) is 1.45. The second kappa shape index (κ2) is 6.20. The molecule has 1 aromatic rings. The molecule has 0 aliphatic rings. The van der Waals surface area contributed by atoms with Crippen LogP contribution in [0.1, 0.15) is 12.0 Å². The molecule has 0 unspecified atom stereocenters. The van der Waals surface area contributed by atoms with E-state index in [1.807, 2.05) is 0 Å². The fourth-order valence-corrected chi connectivity index (χ4v) is 1.40. The monoisotopic (exact) mass is 257 g/mol. The van der Waals surface area contributed by atoms with Gasteiger partial charge in [-0.05, 0) is 12.0 Å². The minimum Gasteiger partial charge on any atom is -1.00 e. The third kappa shape index (κ3) is 6.17. The first-order valence-corrected chi connectivity index (χ1v) is 4.92. The van der Waals surface area contributed by atoms with Gasteiger partial charge >= 0.3 is 0 Å². The van der Waals surface area contributed by atoms with Crippen LogP contribution in [0.4, 0.5) is 0 Å². The Morgan fingerprint density at radius 3 is 2.07 bits per heavy atom. The summed E-state index contributed by atoms with van der Waals surface area (Å²) in [4.78, 5) is 0. The van der Waals surface area contributed by atoms with Crippen molar-refractivity contribution in [3.05, 3.63) is 35.9 Å². The van der Waals surface area contributed by atoms with E-state index in [0.717, 1.165) is 4.48 Å². The van der Waals surface area contributed by atoms with Crippen molar-refractivity contribution in [2.45, 2.75) is 12.8 Å². The average Bonchev–Trinajstić information content (AvgIpc) is 2.04. The molecule has 0 aliphatic carbocycles. The molecule has 14 heavy (non-hydrogen) atoms. The normalized spacial score (nSPS) is 10.8. The lowest BCUT2D eigenvalue weighted by atomic mass is 10.1. The predicted molar refractivity (Wildman–Crippen MR) is 57.7 cm³/mol. The molecule has 0 saturated heterocycles. The second-order valence-electron chi connectivity index (χ2n) is 4.60. The molecular weight excluding hydrogens is 238 g/mol. The van der Waals surface area contributed by atoms with Crippen molar-refractivity contribution in [1.82, 2.24) is 0 Å². The maximum atomic E-state index is 2.24. The highest BCUT2D eigenvalue weighted by atomic mass is 79.9. The lowest BCUT2D eigenvalue weighted by Gasteiger charge is -2.23. The van der Waals surface area contributed by atoms with Crippen LogP contribution in [0, 0.1) is 0 Å². The number of nitrogens with zero attached hydrogens (tertiary/aromatic N) is 1. The van der Waals surface area contributed by atoms with Gasteiger partial charge in [0.05, 0.1) is 27.7 Å². The van der Waals surface area contributed by atoms with Gasteiger partial charge in [0.2, 0.25) is 0 Å². The number of rotatable bonds is 4. The van der Waals surface area contributed by atoms with Crippen molar-refractivity contribution in [1.29, 1.82) is 0 Å². The van der Waals surface area contributed by atoms with Gasteiger partial charge in [-0.3, -0.25) is 0 Å². The van der Waals surface area contributed by atoms with Crippen LogP contribution < -0.4 is 17.0 Å². The van der Waals surface area contributed by atoms with Crippen LogP contribution in [-0.4, -0.2) is 32.2 Å². The SMILES string of the molecule is C[N+](C)(C)CCCc1ccccc1.[Br-]. The van der Waals surface area contributed by atoms with Gasteiger partial charge in [0.1, 0.15) is 0 Å². The van der Waals surface area contributed by atoms with E-state index in [0.29, 0.717) is 0 Å².